The van der Waals surface area contributed by atoms with Crippen LogP contribution in [-0.4, -0.2) is 16.7 Å². The lowest BCUT2D eigenvalue weighted by atomic mass is 9.56. The molecular weight excluding hydrogens is 240 g/mol. The maximum absolute atomic E-state index is 11.5. The summed E-state index contributed by atoms with van der Waals surface area (Å²) in [5.41, 5.74) is 0.0738. The molecule has 0 aromatic carbocycles. The lowest BCUT2D eigenvalue weighted by molar-refractivity contribution is -0.161. The molecule has 2 rings (SSSR count). The third-order valence-corrected chi connectivity index (χ3v) is 5.20. The fraction of sp³-hybridized carbons (Fsp3) is 0.812. The van der Waals surface area contributed by atoms with E-state index < -0.39 is 5.97 Å². The maximum atomic E-state index is 11.5. The van der Waals surface area contributed by atoms with Gasteiger partial charge in [-0.2, -0.15) is 0 Å². The van der Waals surface area contributed by atoms with Crippen LogP contribution in [0.15, 0.2) is 12.3 Å². The van der Waals surface area contributed by atoms with E-state index in [1.807, 2.05) is 6.92 Å². The Bertz CT molecular complexity index is 372. The molecule has 2 aliphatic rings. The SMILES string of the molecule is CC1(C)CCCC2C[C@](C)(OC(=O)/C=C/O)CCC21. The second-order valence-electron chi connectivity index (χ2n) is 7.18. The van der Waals surface area contributed by atoms with Crippen LogP contribution in [0, 0.1) is 17.3 Å². The molecular formula is C16H26O3. The Labute approximate surface area is 116 Å². The second kappa shape index (κ2) is 5.18. The van der Waals surface area contributed by atoms with Gasteiger partial charge < -0.3 is 9.84 Å². The zero-order chi connectivity index (χ0) is 14.1. The van der Waals surface area contributed by atoms with Crippen molar-refractivity contribution < 1.29 is 14.6 Å². The van der Waals surface area contributed by atoms with Crippen molar-refractivity contribution in [2.45, 2.75) is 64.9 Å². The standard InChI is InChI=1S/C16H26O3/c1-15(2)8-4-5-12-11-16(3,9-6-13(12)15)19-14(18)7-10-17/h7,10,12-13,17H,4-6,8-9,11H2,1-3H3/b10-7+/t12?,13?,16-/m1/s1. The van der Waals surface area contributed by atoms with E-state index in [9.17, 15) is 4.79 Å². The zero-order valence-corrected chi connectivity index (χ0v) is 12.3. The van der Waals surface area contributed by atoms with Gasteiger partial charge >= 0.3 is 5.97 Å². The predicted molar refractivity (Wildman–Crippen MR) is 74.7 cm³/mol. The summed E-state index contributed by atoms with van der Waals surface area (Å²) in [6.07, 6.45) is 8.74. The minimum Gasteiger partial charge on any atom is -0.515 e. The van der Waals surface area contributed by atoms with Crippen molar-refractivity contribution in [2.75, 3.05) is 0 Å². The number of aliphatic hydroxyl groups excluding tert-OH is 1. The number of carbonyl (C=O) groups excluding carboxylic acids is 1. The summed E-state index contributed by atoms with van der Waals surface area (Å²) in [6, 6.07) is 0. The van der Waals surface area contributed by atoms with E-state index in [1.165, 1.54) is 19.3 Å². The number of ether oxygens (including phenoxy) is 1. The number of rotatable bonds is 2. The highest BCUT2D eigenvalue weighted by Crippen LogP contribution is 2.53. The van der Waals surface area contributed by atoms with Crippen LogP contribution >= 0.6 is 0 Å². The van der Waals surface area contributed by atoms with E-state index in [0.717, 1.165) is 37.5 Å². The molecule has 0 aliphatic heterocycles. The van der Waals surface area contributed by atoms with Crippen molar-refractivity contribution >= 4 is 5.97 Å². The highest BCUT2D eigenvalue weighted by Gasteiger charge is 2.46. The Kier molecular flexibility index (Phi) is 3.93. The van der Waals surface area contributed by atoms with Crippen molar-refractivity contribution in [1.82, 2.24) is 0 Å². The molecule has 2 saturated carbocycles. The van der Waals surface area contributed by atoms with Crippen LogP contribution in [0.2, 0.25) is 0 Å². The van der Waals surface area contributed by atoms with Crippen molar-refractivity contribution in [3.05, 3.63) is 12.3 Å². The molecule has 1 N–H and O–H groups in total. The number of fused-ring (bicyclic) bond motifs is 1. The van der Waals surface area contributed by atoms with Crippen LogP contribution in [0.3, 0.4) is 0 Å². The average molecular weight is 266 g/mol. The van der Waals surface area contributed by atoms with Crippen molar-refractivity contribution in [1.29, 1.82) is 0 Å². The number of hydrogen-bond donors (Lipinski definition) is 1. The van der Waals surface area contributed by atoms with Gasteiger partial charge in [-0.25, -0.2) is 4.79 Å². The van der Waals surface area contributed by atoms with Gasteiger partial charge in [-0.3, -0.25) is 0 Å². The molecule has 0 saturated heterocycles. The van der Waals surface area contributed by atoms with Crippen molar-refractivity contribution in [3.63, 3.8) is 0 Å². The molecule has 2 fully saturated rings. The first-order valence-corrected chi connectivity index (χ1v) is 7.40. The van der Waals surface area contributed by atoms with Gasteiger partial charge in [-0.1, -0.05) is 20.3 Å². The van der Waals surface area contributed by atoms with Crippen molar-refractivity contribution in [2.24, 2.45) is 17.3 Å². The lowest BCUT2D eigenvalue weighted by Crippen LogP contribution is -2.46. The molecule has 0 aromatic rings. The Morgan fingerprint density at radius 1 is 1.26 bits per heavy atom. The molecule has 3 atom stereocenters. The summed E-state index contributed by atoms with van der Waals surface area (Å²) in [6.45, 7) is 6.80. The molecule has 3 heteroatoms. The molecule has 0 amide bonds. The Hall–Kier alpha value is -0.990. The number of hydrogen-bond acceptors (Lipinski definition) is 3. The normalized spacial score (nSPS) is 37.8. The van der Waals surface area contributed by atoms with Gasteiger partial charge in [0.25, 0.3) is 0 Å². The molecule has 0 heterocycles. The van der Waals surface area contributed by atoms with Gasteiger partial charge in [0, 0.05) is 0 Å². The third kappa shape index (κ3) is 3.13. The van der Waals surface area contributed by atoms with Crippen molar-refractivity contribution in [3.8, 4) is 0 Å². The summed E-state index contributed by atoms with van der Waals surface area (Å²) in [5, 5.41) is 8.62. The highest BCUT2D eigenvalue weighted by atomic mass is 16.6. The first-order valence-electron chi connectivity index (χ1n) is 7.40. The van der Waals surface area contributed by atoms with E-state index in [0.29, 0.717) is 11.3 Å². The first kappa shape index (κ1) is 14.4. The first-order chi connectivity index (χ1) is 8.86. The number of esters is 1. The summed E-state index contributed by atoms with van der Waals surface area (Å²) in [5.74, 6) is 1.01. The van der Waals surface area contributed by atoms with E-state index in [4.69, 9.17) is 9.84 Å². The quantitative estimate of drug-likeness (QED) is 0.467. The summed E-state index contributed by atoms with van der Waals surface area (Å²) >= 11 is 0. The van der Waals surface area contributed by atoms with Crippen LogP contribution in [0.4, 0.5) is 0 Å². The Balaban J connectivity index is 2.03. The smallest absolute Gasteiger partial charge is 0.334 e. The van der Waals surface area contributed by atoms with Crippen LogP contribution in [0.1, 0.15) is 59.3 Å². The van der Waals surface area contributed by atoms with Gasteiger partial charge in [0.2, 0.25) is 0 Å². The highest BCUT2D eigenvalue weighted by molar-refractivity contribution is 5.81. The second-order valence-corrected chi connectivity index (χ2v) is 7.18. The summed E-state index contributed by atoms with van der Waals surface area (Å²) in [4.78, 5) is 11.5. The van der Waals surface area contributed by atoms with Gasteiger partial charge in [-0.05, 0) is 56.3 Å². The monoisotopic (exact) mass is 266 g/mol. The van der Waals surface area contributed by atoms with Crippen LogP contribution in [-0.2, 0) is 9.53 Å². The van der Waals surface area contributed by atoms with Crippen LogP contribution in [0.25, 0.3) is 0 Å². The largest absolute Gasteiger partial charge is 0.515 e. The molecule has 2 unspecified atom stereocenters. The fourth-order valence-electron chi connectivity index (χ4n) is 4.26. The van der Waals surface area contributed by atoms with Gasteiger partial charge in [0.05, 0.1) is 12.3 Å². The van der Waals surface area contributed by atoms with Gasteiger partial charge in [-0.15, -0.1) is 0 Å². The van der Waals surface area contributed by atoms with E-state index >= 15 is 0 Å². The number of aliphatic hydroxyl groups is 1. The summed E-state index contributed by atoms with van der Waals surface area (Å²) < 4.78 is 5.55. The minimum atomic E-state index is -0.432. The molecule has 0 bridgehead atoms. The number of carbonyl (C=O) groups is 1. The third-order valence-electron chi connectivity index (χ3n) is 5.20. The van der Waals surface area contributed by atoms with Gasteiger partial charge in [0.1, 0.15) is 5.60 Å². The zero-order valence-electron chi connectivity index (χ0n) is 12.3. The van der Waals surface area contributed by atoms with E-state index in [2.05, 4.69) is 13.8 Å². The molecule has 19 heavy (non-hydrogen) atoms. The Morgan fingerprint density at radius 3 is 2.68 bits per heavy atom. The molecule has 2 aliphatic carbocycles. The van der Waals surface area contributed by atoms with E-state index in [-0.39, 0.29) is 5.60 Å². The molecule has 0 aromatic heterocycles. The minimum absolute atomic E-state index is 0.356. The van der Waals surface area contributed by atoms with Crippen LogP contribution < -0.4 is 0 Å². The van der Waals surface area contributed by atoms with Crippen LogP contribution in [0.5, 0.6) is 0 Å². The lowest BCUT2D eigenvalue weighted by Gasteiger charge is -2.51. The summed E-state index contributed by atoms with van der Waals surface area (Å²) in [7, 11) is 0. The molecule has 3 nitrogen and oxygen atoms in total. The average Bonchev–Trinajstić information content (AvgIpc) is 2.27. The molecule has 0 spiro atoms. The Morgan fingerprint density at radius 2 is 2.00 bits per heavy atom. The van der Waals surface area contributed by atoms with E-state index in [1.54, 1.807) is 0 Å². The molecule has 108 valence electrons. The fourth-order valence-corrected chi connectivity index (χ4v) is 4.26. The van der Waals surface area contributed by atoms with Gasteiger partial charge in [0.15, 0.2) is 0 Å². The maximum Gasteiger partial charge on any atom is 0.334 e. The molecule has 0 radical (unpaired) electrons. The topological polar surface area (TPSA) is 46.5 Å². The predicted octanol–water partition coefficient (Wildman–Crippen LogP) is 3.99.